The van der Waals surface area contributed by atoms with E-state index in [9.17, 15) is 4.79 Å². The Labute approximate surface area is 128 Å². The maximum absolute atomic E-state index is 12.8. The Hall–Kier alpha value is -1.46. The Balaban J connectivity index is 2.02. The molecule has 0 N–H and O–H groups in total. The molecule has 0 saturated carbocycles. The zero-order valence-corrected chi connectivity index (χ0v) is 13.7. The lowest BCUT2D eigenvalue weighted by molar-refractivity contribution is -0.0122. The molecule has 5 heteroatoms. The molecule has 2 aromatic rings. The van der Waals surface area contributed by atoms with Crippen LogP contribution in [0.25, 0.3) is 10.2 Å². The largest absolute Gasteiger partial charge is 0.375 e. The monoisotopic (exact) mass is 304 g/mol. The van der Waals surface area contributed by atoms with Gasteiger partial charge in [0.1, 0.15) is 4.83 Å². The Morgan fingerprint density at radius 1 is 1.43 bits per heavy atom. The quantitative estimate of drug-likeness (QED) is 0.813. The Morgan fingerprint density at radius 2 is 2.19 bits per heavy atom. The smallest absolute Gasteiger partial charge is 0.264 e. The molecule has 1 atom stereocenters. The number of fused-ring (bicyclic) bond motifs is 1. The number of hydrogen-bond acceptors (Lipinski definition) is 4. The molecule has 3 rings (SSSR count). The van der Waals surface area contributed by atoms with E-state index in [-0.39, 0.29) is 12.0 Å². The highest BCUT2D eigenvalue weighted by molar-refractivity contribution is 7.20. The number of aryl methyl sites for hydroxylation is 3. The molecule has 1 aliphatic rings. The SMILES string of the molecule is Cc1cc(C)c2c(C)c(C(=O)N3CCO[C@H](C)C3)sc2n1. The van der Waals surface area contributed by atoms with Gasteiger partial charge in [-0.1, -0.05) is 0 Å². The molecule has 0 bridgehead atoms. The summed E-state index contributed by atoms with van der Waals surface area (Å²) in [4.78, 5) is 21.1. The van der Waals surface area contributed by atoms with Crippen molar-refractivity contribution in [2.45, 2.75) is 33.8 Å². The topological polar surface area (TPSA) is 42.4 Å². The second kappa shape index (κ2) is 5.39. The van der Waals surface area contributed by atoms with Crippen LogP contribution in [0.1, 0.15) is 33.4 Å². The lowest BCUT2D eigenvalue weighted by Gasteiger charge is -2.31. The molecule has 1 saturated heterocycles. The molecule has 2 aromatic heterocycles. The van der Waals surface area contributed by atoms with Crippen molar-refractivity contribution in [2.75, 3.05) is 19.7 Å². The van der Waals surface area contributed by atoms with Gasteiger partial charge in [0.05, 0.1) is 17.6 Å². The highest BCUT2D eigenvalue weighted by Crippen LogP contribution is 2.33. The standard InChI is InChI=1S/C16H20N2O2S/c1-9-7-10(2)17-15-13(9)12(4)14(21-15)16(19)18-5-6-20-11(3)8-18/h7,11H,5-6,8H2,1-4H3/t11-/m1/s1. The van der Waals surface area contributed by atoms with Gasteiger partial charge in [-0.2, -0.15) is 0 Å². The van der Waals surface area contributed by atoms with Gasteiger partial charge in [0.15, 0.2) is 0 Å². The molecule has 0 radical (unpaired) electrons. The molecule has 4 nitrogen and oxygen atoms in total. The molecule has 3 heterocycles. The number of carbonyl (C=O) groups is 1. The van der Waals surface area contributed by atoms with Crippen molar-refractivity contribution >= 4 is 27.5 Å². The molecule has 0 unspecified atom stereocenters. The van der Waals surface area contributed by atoms with E-state index in [2.05, 4.69) is 18.0 Å². The van der Waals surface area contributed by atoms with Crippen LogP contribution in [0.3, 0.4) is 0 Å². The summed E-state index contributed by atoms with van der Waals surface area (Å²) >= 11 is 1.51. The second-order valence-corrected chi connectivity index (χ2v) is 6.75. The van der Waals surface area contributed by atoms with Gasteiger partial charge >= 0.3 is 0 Å². The van der Waals surface area contributed by atoms with Gasteiger partial charge in [-0.05, 0) is 44.9 Å². The van der Waals surface area contributed by atoms with Crippen LogP contribution in [0.2, 0.25) is 0 Å². The first-order valence-corrected chi connectivity index (χ1v) is 8.07. The summed E-state index contributed by atoms with van der Waals surface area (Å²) < 4.78 is 5.52. The van der Waals surface area contributed by atoms with Crippen molar-refractivity contribution in [3.8, 4) is 0 Å². The summed E-state index contributed by atoms with van der Waals surface area (Å²) in [5.74, 6) is 0.114. The van der Waals surface area contributed by atoms with Crippen LogP contribution in [0.4, 0.5) is 0 Å². The molecule has 21 heavy (non-hydrogen) atoms. The summed E-state index contributed by atoms with van der Waals surface area (Å²) in [6.07, 6.45) is 0.111. The number of thiophene rings is 1. The molecular weight excluding hydrogens is 284 g/mol. The Bertz CT molecular complexity index is 708. The third-order valence-electron chi connectivity index (χ3n) is 3.95. The number of carbonyl (C=O) groups excluding carboxylic acids is 1. The van der Waals surface area contributed by atoms with Crippen LogP contribution in [0.15, 0.2) is 6.07 Å². The zero-order valence-electron chi connectivity index (χ0n) is 12.9. The highest BCUT2D eigenvalue weighted by atomic mass is 32.1. The van der Waals surface area contributed by atoms with Gasteiger partial charge in [0.25, 0.3) is 5.91 Å². The molecule has 1 fully saturated rings. The van der Waals surface area contributed by atoms with Crippen molar-refractivity contribution in [1.29, 1.82) is 0 Å². The van der Waals surface area contributed by atoms with E-state index in [1.807, 2.05) is 25.7 Å². The number of pyridine rings is 1. The van der Waals surface area contributed by atoms with E-state index < -0.39 is 0 Å². The number of hydrogen-bond donors (Lipinski definition) is 0. The molecule has 112 valence electrons. The Kier molecular flexibility index (Phi) is 3.71. The van der Waals surface area contributed by atoms with Crippen molar-refractivity contribution in [2.24, 2.45) is 0 Å². The summed E-state index contributed by atoms with van der Waals surface area (Å²) in [6.45, 7) is 10.1. The molecule has 0 aromatic carbocycles. The lowest BCUT2D eigenvalue weighted by atomic mass is 10.1. The van der Waals surface area contributed by atoms with Gasteiger partial charge in [-0.3, -0.25) is 4.79 Å². The fourth-order valence-corrected chi connectivity index (χ4v) is 4.24. The predicted octanol–water partition coefficient (Wildman–Crippen LogP) is 3.08. The molecule has 0 aliphatic carbocycles. The highest BCUT2D eigenvalue weighted by Gasteiger charge is 2.26. The van der Waals surface area contributed by atoms with Crippen LogP contribution < -0.4 is 0 Å². The van der Waals surface area contributed by atoms with Gasteiger partial charge < -0.3 is 9.64 Å². The first-order valence-electron chi connectivity index (χ1n) is 7.25. The van der Waals surface area contributed by atoms with Crippen LogP contribution in [-0.2, 0) is 4.74 Å². The maximum Gasteiger partial charge on any atom is 0.264 e. The minimum atomic E-state index is 0.111. The third-order valence-corrected chi connectivity index (χ3v) is 5.12. The van der Waals surface area contributed by atoms with E-state index in [0.717, 1.165) is 26.4 Å². The number of morpholine rings is 1. The molecule has 0 spiro atoms. The lowest BCUT2D eigenvalue weighted by Crippen LogP contribution is -2.44. The van der Waals surface area contributed by atoms with Crippen LogP contribution in [0, 0.1) is 20.8 Å². The van der Waals surface area contributed by atoms with Crippen LogP contribution >= 0.6 is 11.3 Å². The van der Waals surface area contributed by atoms with Gasteiger partial charge in [-0.15, -0.1) is 11.3 Å². The number of nitrogens with zero attached hydrogens (tertiary/aromatic N) is 2. The fourth-order valence-electron chi connectivity index (χ4n) is 2.97. The maximum atomic E-state index is 12.8. The van der Waals surface area contributed by atoms with Crippen LogP contribution in [-0.4, -0.2) is 41.6 Å². The predicted molar refractivity (Wildman–Crippen MR) is 85.1 cm³/mol. The molecule has 1 aliphatic heterocycles. The van der Waals surface area contributed by atoms with Crippen molar-refractivity contribution in [1.82, 2.24) is 9.88 Å². The van der Waals surface area contributed by atoms with Gasteiger partial charge in [0.2, 0.25) is 0 Å². The normalized spacial score (nSPS) is 19.2. The zero-order chi connectivity index (χ0) is 15.1. The summed E-state index contributed by atoms with van der Waals surface area (Å²) in [5, 5.41) is 1.13. The molecule has 1 amide bonds. The number of ether oxygens (including phenoxy) is 1. The summed E-state index contributed by atoms with van der Waals surface area (Å²) in [6, 6.07) is 2.08. The van der Waals surface area contributed by atoms with Crippen molar-refractivity contribution < 1.29 is 9.53 Å². The summed E-state index contributed by atoms with van der Waals surface area (Å²) in [7, 11) is 0. The van der Waals surface area contributed by atoms with Crippen molar-refractivity contribution in [3.63, 3.8) is 0 Å². The average Bonchev–Trinajstić information content (AvgIpc) is 2.75. The third kappa shape index (κ3) is 2.56. The number of amides is 1. The van der Waals surface area contributed by atoms with E-state index in [4.69, 9.17) is 4.74 Å². The van der Waals surface area contributed by atoms with Gasteiger partial charge in [0, 0.05) is 24.2 Å². The number of rotatable bonds is 1. The van der Waals surface area contributed by atoms with Crippen molar-refractivity contribution in [3.05, 3.63) is 27.8 Å². The van der Waals surface area contributed by atoms with E-state index in [1.165, 1.54) is 16.9 Å². The summed E-state index contributed by atoms with van der Waals surface area (Å²) in [5.41, 5.74) is 3.25. The average molecular weight is 304 g/mol. The second-order valence-electron chi connectivity index (χ2n) is 5.75. The minimum Gasteiger partial charge on any atom is -0.375 e. The van der Waals surface area contributed by atoms with E-state index >= 15 is 0 Å². The van der Waals surface area contributed by atoms with Gasteiger partial charge in [-0.25, -0.2) is 4.98 Å². The minimum absolute atomic E-state index is 0.111. The number of aromatic nitrogens is 1. The first-order chi connectivity index (χ1) is 9.97. The fraction of sp³-hybridized carbons (Fsp3) is 0.500. The van der Waals surface area contributed by atoms with E-state index in [1.54, 1.807) is 0 Å². The molecular formula is C16H20N2O2S. The van der Waals surface area contributed by atoms with Crippen LogP contribution in [0.5, 0.6) is 0 Å². The van der Waals surface area contributed by atoms with E-state index in [0.29, 0.717) is 19.7 Å². The first kappa shape index (κ1) is 14.5. The Morgan fingerprint density at radius 3 is 2.90 bits per heavy atom.